The first-order chi connectivity index (χ1) is 12.1. The zero-order chi connectivity index (χ0) is 18.5. The second-order valence-corrected chi connectivity index (χ2v) is 6.10. The Morgan fingerprint density at radius 2 is 2.04 bits per heavy atom. The Morgan fingerprint density at radius 3 is 2.68 bits per heavy atom. The molecule has 1 aromatic rings. The molecule has 0 radical (unpaired) electrons. The number of nitrogens with zero attached hydrogens (tertiary/aromatic N) is 1. The number of allylic oxidation sites excluding steroid dienone is 1. The average molecular weight is 360 g/mol. The Labute approximate surface area is 151 Å². The first-order valence-electron chi connectivity index (χ1n) is 7.70. The topological polar surface area (TPSA) is 96.3 Å². The van der Waals surface area contributed by atoms with Gasteiger partial charge in [-0.3, -0.25) is 9.59 Å². The largest absolute Gasteiger partial charge is 0.449 e. The van der Waals surface area contributed by atoms with Crippen molar-refractivity contribution in [2.45, 2.75) is 31.1 Å². The van der Waals surface area contributed by atoms with Gasteiger partial charge in [0.15, 0.2) is 11.7 Å². The molecule has 7 heteroatoms. The van der Waals surface area contributed by atoms with Crippen molar-refractivity contribution >= 4 is 28.8 Å². The van der Waals surface area contributed by atoms with Gasteiger partial charge < -0.3 is 10.1 Å². The third kappa shape index (κ3) is 8.72. The number of hydrogen-bond donors (Lipinski definition) is 1. The zero-order valence-corrected chi connectivity index (χ0v) is 14.6. The van der Waals surface area contributed by atoms with E-state index in [1.54, 1.807) is 12.1 Å². The summed E-state index contributed by atoms with van der Waals surface area (Å²) < 4.78 is 4.73. The summed E-state index contributed by atoms with van der Waals surface area (Å²) in [4.78, 5) is 35.9. The van der Waals surface area contributed by atoms with Crippen molar-refractivity contribution in [1.82, 2.24) is 5.32 Å². The van der Waals surface area contributed by atoms with Crippen molar-refractivity contribution in [3.63, 3.8) is 0 Å². The normalized spacial score (nSPS) is 11.0. The molecule has 0 saturated carbocycles. The molecule has 0 aliphatic carbocycles. The minimum atomic E-state index is -1.10. The SMILES string of the molecule is C=CCCC(=O)NC(CC(=O)SCc1ccccc1)C(=O)OCC#N. The van der Waals surface area contributed by atoms with Crippen molar-refractivity contribution in [3.8, 4) is 6.07 Å². The van der Waals surface area contributed by atoms with Gasteiger partial charge in [0.25, 0.3) is 0 Å². The summed E-state index contributed by atoms with van der Waals surface area (Å²) >= 11 is 1.06. The molecular weight excluding hydrogens is 340 g/mol. The van der Waals surface area contributed by atoms with Gasteiger partial charge in [-0.15, -0.1) is 6.58 Å². The Morgan fingerprint density at radius 1 is 1.32 bits per heavy atom. The molecule has 1 N–H and O–H groups in total. The van der Waals surface area contributed by atoms with Crippen LogP contribution < -0.4 is 5.32 Å². The van der Waals surface area contributed by atoms with Crippen LogP contribution in [0.3, 0.4) is 0 Å². The van der Waals surface area contributed by atoms with Crippen LogP contribution in [-0.2, 0) is 24.9 Å². The highest BCUT2D eigenvalue weighted by molar-refractivity contribution is 8.12. The number of ether oxygens (including phenoxy) is 1. The van der Waals surface area contributed by atoms with Crippen LogP contribution in [0.25, 0.3) is 0 Å². The lowest BCUT2D eigenvalue weighted by Crippen LogP contribution is -2.43. The van der Waals surface area contributed by atoms with E-state index in [-0.39, 0.29) is 23.9 Å². The molecule has 0 fully saturated rings. The molecule has 1 rings (SSSR count). The summed E-state index contributed by atoms with van der Waals surface area (Å²) in [7, 11) is 0. The molecule has 6 nitrogen and oxygen atoms in total. The molecule has 0 aliphatic rings. The van der Waals surface area contributed by atoms with Gasteiger partial charge in [-0.2, -0.15) is 5.26 Å². The molecule has 0 bridgehead atoms. The van der Waals surface area contributed by atoms with Crippen LogP contribution in [0.15, 0.2) is 43.0 Å². The standard InChI is InChI=1S/C18H20N2O4S/c1-2-3-9-16(21)20-15(18(23)24-11-10-19)12-17(22)25-13-14-7-5-4-6-8-14/h2,4-8,15H,1,3,9,11-13H2,(H,20,21). The van der Waals surface area contributed by atoms with E-state index in [0.717, 1.165) is 17.3 Å². The lowest BCUT2D eigenvalue weighted by molar-refractivity contribution is -0.147. The van der Waals surface area contributed by atoms with Crippen molar-refractivity contribution in [3.05, 3.63) is 48.6 Å². The predicted molar refractivity (Wildman–Crippen MR) is 95.3 cm³/mol. The second kappa shape index (κ2) is 11.9. The van der Waals surface area contributed by atoms with Crippen molar-refractivity contribution in [2.24, 2.45) is 0 Å². The molecule has 1 aromatic carbocycles. The minimum Gasteiger partial charge on any atom is -0.449 e. The molecular formula is C18H20N2O4S. The molecule has 0 heterocycles. The number of amides is 1. The first-order valence-corrected chi connectivity index (χ1v) is 8.68. The summed E-state index contributed by atoms with van der Waals surface area (Å²) in [5.41, 5.74) is 0.986. The van der Waals surface area contributed by atoms with Gasteiger partial charge in [-0.05, 0) is 12.0 Å². The van der Waals surface area contributed by atoms with Gasteiger partial charge in [0.1, 0.15) is 12.1 Å². The summed E-state index contributed by atoms with van der Waals surface area (Å²) in [5, 5.41) is 10.7. The fraction of sp³-hybridized carbons (Fsp3) is 0.333. The Hall–Kier alpha value is -2.59. The maximum absolute atomic E-state index is 12.1. The Kier molecular flexibility index (Phi) is 9.71. The summed E-state index contributed by atoms with van der Waals surface area (Å²) in [6.07, 6.45) is 2.02. The van der Waals surface area contributed by atoms with Gasteiger partial charge in [-0.25, -0.2) is 4.79 Å². The highest BCUT2D eigenvalue weighted by Gasteiger charge is 2.25. The molecule has 1 unspecified atom stereocenters. The van der Waals surface area contributed by atoms with Crippen LogP contribution in [-0.4, -0.2) is 29.6 Å². The molecule has 0 spiro atoms. The molecule has 132 valence electrons. The monoisotopic (exact) mass is 360 g/mol. The zero-order valence-electron chi connectivity index (χ0n) is 13.8. The maximum Gasteiger partial charge on any atom is 0.330 e. The van der Waals surface area contributed by atoms with E-state index in [4.69, 9.17) is 10.00 Å². The summed E-state index contributed by atoms with van der Waals surface area (Å²) in [5.74, 6) is -0.689. The van der Waals surface area contributed by atoms with Crippen LogP contribution in [0, 0.1) is 11.3 Å². The molecule has 0 aliphatic heterocycles. The number of hydrogen-bond acceptors (Lipinski definition) is 6. The quantitative estimate of drug-likeness (QED) is 0.508. The fourth-order valence-corrected chi connectivity index (χ4v) is 2.67. The van der Waals surface area contributed by atoms with E-state index in [1.165, 1.54) is 0 Å². The van der Waals surface area contributed by atoms with Crippen LogP contribution in [0.5, 0.6) is 0 Å². The summed E-state index contributed by atoms with van der Waals surface area (Å²) in [6.45, 7) is 3.10. The number of rotatable bonds is 10. The van der Waals surface area contributed by atoms with E-state index < -0.39 is 18.6 Å². The second-order valence-electron chi connectivity index (χ2n) is 5.06. The number of benzene rings is 1. The van der Waals surface area contributed by atoms with Crippen molar-refractivity contribution < 1.29 is 19.1 Å². The summed E-state index contributed by atoms with van der Waals surface area (Å²) in [6, 6.07) is 10.0. The Bertz CT molecular complexity index is 640. The first kappa shape index (κ1) is 20.5. The molecule has 0 saturated heterocycles. The predicted octanol–water partition coefficient (Wildman–Crippen LogP) is 2.35. The van der Waals surface area contributed by atoms with Crippen molar-refractivity contribution in [1.29, 1.82) is 5.26 Å². The van der Waals surface area contributed by atoms with Crippen molar-refractivity contribution in [2.75, 3.05) is 6.61 Å². The van der Waals surface area contributed by atoms with Crippen LogP contribution >= 0.6 is 11.8 Å². The lowest BCUT2D eigenvalue weighted by Gasteiger charge is -2.16. The number of nitriles is 1. The van der Waals surface area contributed by atoms with Gasteiger partial charge in [0.2, 0.25) is 5.91 Å². The van der Waals surface area contributed by atoms with Gasteiger partial charge in [0.05, 0.1) is 0 Å². The van der Waals surface area contributed by atoms with Crippen LogP contribution in [0.1, 0.15) is 24.8 Å². The maximum atomic E-state index is 12.1. The number of carbonyl (C=O) groups excluding carboxylic acids is 3. The van der Waals surface area contributed by atoms with Crippen LogP contribution in [0.4, 0.5) is 0 Å². The van der Waals surface area contributed by atoms with E-state index in [2.05, 4.69) is 11.9 Å². The molecule has 25 heavy (non-hydrogen) atoms. The number of esters is 1. The number of nitrogens with one attached hydrogen (secondary N) is 1. The third-order valence-electron chi connectivity index (χ3n) is 3.09. The molecule has 0 aromatic heterocycles. The van der Waals surface area contributed by atoms with Gasteiger partial charge in [0, 0.05) is 18.6 Å². The molecule has 1 atom stereocenters. The average Bonchev–Trinajstić information content (AvgIpc) is 2.63. The van der Waals surface area contributed by atoms with Crippen LogP contribution in [0.2, 0.25) is 0 Å². The van der Waals surface area contributed by atoms with E-state index in [0.29, 0.717) is 12.2 Å². The van der Waals surface area contributed by atoms with E-state index in [1.807, 2.05) is 30.3 Å². The van der Waals surface area contributed by atoms with E-state index >= 15 is 0 Å². The lowest BCUT2D eigenvalue weighted by atomic mass is 10.2. The molecule has 1 amide bonds. The van der Waals surface area contributed by atoms with E-state index in [9.17, 15) is 14.4 Å². The highest BCUT2D eigenvalue weighted by atomic mass is 32.2. The highest BCUT2D eigenvalue weighted by Crippen LogP contribution is 2.16. The third-order valence-corrected chi connectivity index (χ3v) is 4.05. The fourth-order valence-electron chi connectivity index (χ4n) is 1.86. The smallest absolute Gasteiger partial charge is 0.330 e. The minimum absolute atomic E-state index is 0.164. The van der Waals surface area contributed by atoms with Gasteiger partial charge in [-0.1, -0.05) is 48.2 Å². The number of carbonyl (C=O) groups is 3. The number of thioether (sulfide) groups is 1. The Balaban J connectivity index is 2.59. The van der Waals surface area contributed by atoms with Gasteiger partial charge >= 0.3 is 5.97 Å².